The van der Waals surface area contributed by atoms with Crippen molar-refractivity contribution < 1.29 is 13.7 Å². The highest BCUT2D eigenvalue weighted by atomic mass is 32.2. The van der Waals surface area contributed by atoms with Gasteiger partial charge in [0, 0.05) is 35.0 Å². The van der Waals surface area contributed by atoms with Gasteiger partial charge in [0.2, 0.25) is 5.91 Å². The van der Waals surface area contributed by atoms with Crippen molar-refractivity contribution in [2.75, 3.05) is 24.3 Å². The molecular weight excluding hydrogens is 276 g/mol. The van der Waals surface area contributed by atoms with Gasteiger partial charge in [-0.2, -0.15) is 5.26 Å². The monoisotopic (exact) mass is 292 g/mol. The number of carbonyl (C=O) groups is 1. The molecule has 1 heterocycles. The van der Waals surface area contributed by atoms with E-state index in [0.717, 1.165) is 12.8 Å². The van der Waals surface area contributed by atoms with E-state index in [1.54, 1.807) is 24.3 Å². The van der Waals surface area contributed by atoms with Crippen LogP contribution in [0.4, 0.5) is 5.69 Å². The number of carbonyl (C=O) groups excluding carboxylic acids is 1. The highest BCUT2D eigenvalue weighted by Crippen LogP contribution is 2.14. The first-order valence-corrected chi connectivity index (χ1v) is 7.82. The largest absolute Gasteiger partial charge is 0.381 e. The number of nitrogens with one attached hydrogen (secondary N) is 1. The second kappa shape index (κ2) is 7.17. The topological polar surface area (TPSA) is 79.2 Å². The van der Waals surface area contributed by atoms with Gasteiger partial charge in [-0.15, -0.1) is 0 Å². The second-order valence-corrected chi connectivity index (χ2v) is 6.29. The lowest BCUT2D eigenvalue weighted by Gasteiger charge is -2.21. The quantitative estimate of drug-likeness (QED) is 0.910. The van der Waals surface area contributed by atoms with Crippen molar-refractivity contribution in [3.05, 3.63) is 29.8 Å². The Balaban J connectivity index is 1.85. The van der Waals surface area contributed by atoms with E-state index in [0.29, 0.717) is 24.5 Å². The van der Waals surface area contributed by atoms with Gasteiger partial charge in [0.1, 0.15) is 5.75 Å². The minimum atomic E-state index is -1.16. The summed E-state index contributed by atoms with van der Waals surface area (Å²) in [5, 5.41) is 11.4. The molecule has 1 saturated heterocycles. The van der Waals surface area contributed by atoms with Crippen molar-refractivity contribution >= 4 is 22.4 Å². The van der Waals surface area contributed by atoms with Crippen LogP contribution in [0.5, 0.6) is 0 Å². The van der Waals surface area contributed by atoms with Crippen molar-refractivity contribution in [3.8, 4) is 6.07 Å². The summed E-state index contributed by atoms with van der Waals surface area (Å²) >= 11 is 0. The van der Waals surface area contributed by atoms with Crippen LogP contribution in [0.2, 0.25) is 0 Å². The molecule has 1 aliphatic heterocycles. The molecule has 0 aliphatic carbocycles. The molecule has 106 valence electrons. The number of hydrogen-bond acceptors (Lipinski definition) is 4. The summed E-state index contributed by atoms with van der Waals surface area (Å²) in [4.78, 5) is 11.8. The zero-order valence-corrected chi connectivity index (χ0v) is 11.8. The maximum absolute atomic E-state index is 12.1. The van der Waals surface area contributed by atoms with Crippen molar-refractivity contribution in [1.82, 2.24) is 0 Å². The van der Waals surface area contributed by atoms with Crippen LogP contribution in [-0.2, 0) is 20.3 Å². The highest BCUT2D eigenvalue weighted by Gasteiger charge is 2.22. The van der Waals surface area contributed by atoms with Gasteiger partial charge in [0.25, 0.3) is 0 Å². The smallest absolute Gasteiger partial charge is 0.237 e. The molecule has 1 unspecified atom stereocenters. The van der Waals surface area contributed by atoms with Gasteiger partial charge < -0.3 is 10.1 Å². The van der Waals surface area contributed by atoms with E-state index in [9.17, 15) is 9.00 Å². The zero-order chi connectivity index (χ0) is 14.4. The van der Waals surface area contributed by atoms with Gasteiger partial charge in [-0.25, -0.2) is 0 Å². The number of anilines is 1. The molecular formula is C14H16N2O3S. The van der Waals surface area contributed by atoms with Crippen LogP contribution >= 0.6 is 0 Å². The zero-order valence-electron chi connectivity index (χ0n) is 11.0. The summed E-state index contributed by atoms with van der Waals surface area (Å²) in [5.74, 6) is -0.260. The van der Waals surface area contributed by atoms with E-state index in [4.69, 9.17) is 10.00 Å². The minimum absolute atomic E-state index is 0.00463. The van der Waals surface area contributed by atoms with Crippen LogP contribution in [0.25, 0.3) is 0 Å². The number of nitriles is 1. The van der Waals surface area contributed by atoms with E-state index in [1.165, 1.54) is 0 Å². The summed E-state index contributed by atoms with van der Waals surface area (Å²) in [6.07, 6.45) is 1.49. The number of ether oxygens (including phenoxy) is 1. The third kappa shape index (κ3) is 4.15. The number of amides is 1. The number of nitrogens with zero attached hydrogens (tertiary/aromatic N) is 1. The molecule has 1 atom stereocenters. The fourth-order valence-electron chi connectivity index (χ4n) is 2.01. The van der Waals surface area contributed by atoms with Gasteiger partial charge in [-0.05, 0) is 37.1 Å². The summed E-state index contributed by atoms with van der Waals surface area (Å²) in [7, 11) is -1.16. The van der Waals surface area contributed by atoms with Gasteiger partial charge in [-0.3, -0.25) is 9.00 Å². The average Bonchev–Trinajstić information content (AvgIpc) is 2.49. The van der Waals surface area contributed by atoms with Crippen LogP contribution in [0.3, 0.4) is 0 Å². The van der Waals surface area contributed by atoms with E-state index in [1.807, 2.05) is 6.07 Å². The molecule has 1 aromatic carbocycles. The van der Waals surface area contributed by atoms with Gasteiger partial charge in [0.15, 0.2) is 0 Å². The Bertz CT molecular complexity index is 530. The van der Waals surface area contributed by atoms with E-state index >= 15 is 0 Å². The van der Waals surface area contributed by atoms with Gasteiger partial charge >= 0.3 is 0 Å². The molecule has 1 N–H and O–H groups in total. The summed E-state index contributed by atoms with van der Waals surface area (Å²) < 4.78 is 17.3. The van der Waals surface area contributed by atoms with Crippen molar-refractivity contribution in [1.29, 1.82) is 5.26 Å². The highest BCUT2D eigenvalue weighted by molar-refractivity contribution is 7.86. The van der Waals surface area contributed by atoms with E-state index in [-0.39, 0.29) is 16.9 Å². The van der Waals surface area contributed by atoms with Crippen LogP contribution in [0.15, 0.2) is 24.3 Å². The molecule has 0 radical (unpaired) electrons. The van der Waals surface area contributed by atoms with Gasteiger partial charge in [0.05, 0.1) is 11.6 Å². The molecule has 1 aromatic rings. The molecule has 0 spiro atoms. The van der Waals surface area contributed by atoms with E-state index in [2.05, 4.69) is 5.32 Å². The summed E-state index contributed by atoms with van der Waals surface area (Å²) in [5.41, 5.74) is 1.15. The standard InChI is InChI=1S/C14H16N2O3S/c15-9-11-1-3-12(4-2-11)16-14(17)10-20(18)13-5-7-19-8-6-13/h1-4,13H,5-8,10H2,(H,16,17). The first-order valence-electron chi connectivity index (χ1n) is 6.44. The van der Waals surface area contributed by atoms with Crippen LogP contribution in [0.1, 0.15) is 18.4 Å². The lowest BCUT2D eigenvalue weighted by atomic mass is 10.2. The molecule has 2 rings (SSSR count). The Morgan fingerprint density at radius 1 is 1.35 bits per heavy atom. The first kappa shape index (κ1) is 14.7. The molecule has 0 bridgehead atoms. The number of rotatable bonds is 4. The second-order valence-electron chi connectivity index (χ2n) is 4.57. The third-order valence-electron chi connectivity index (χ3n) is 3.11. The Hall–Kier alpha value is -1.71. The molecule has 5 nitrogen and oxygen atoms in total. The number of hydrogen-bond donors (Lipinski definition) is 1. The maximum Gasteiger partial charge on any atom is 0.237 e. The molecule has 1 fully saturated rings. The molecule has 20 heavy (non-hydrogen) atoms. The predicted molar refractivity (Wildman–Crippen MR) is 76.6 cm³/mol. The average molecular weight is 292 g/mol. The third-order valence-corrected chi connectivity index (χ3v) is 4.87. The molecule has 1 aliphatic rings. The van der Waals surface area contributed by atoms with Gasteiger partial charge in [-0.1, -0.05) is 0 Å². The van der Waals surface area contributed by atoms with Crippen molar-refractivity contribution in [2.45, 2.75) is 18.1 Å². The Morgan fingerprint density at radius 3 is 2.60 bits per heavy atom. The van der Waals surface area contributed by atoms with Crippen LogP contribution < -0.4 is 5.32 Å². The van der Waals surface area contributed by atoms with Crippen LogP contribution in [-0.4, -0.2) is 34.3 Å². The lowest BCUT2D eigenvalue weighted by molar-refractivity contribution is -0.113. The summed E-state index contributed by atoms with van der Waals surface area (Å²) in [6, 6.07) is 8.59. The van der Waals surface area contributed by atoms with Crippen molar-refractivity contribution in [2.24, 2.45) is 0 Å². The molecule has 6 heteroatoms. The fourth-order valence-corrected chi connectivity index (χ4v) is 3.30. The summed E-state index contributed by atoms with van der Waals surface area (Å²) in [6.45, 7) is 1.24. The molecule has 0 saturated carbocycles. The Kier molecular flexibility index (Phi) is 5.27. The number of benzene rings is 1. The Labute approximate surface area is 120 Å². The maximum atomic E-state index is 12.1. The van der Waals surface area contributed by atoms with Crippen molar-refractivity contribution in [3.63, 3.8) is 0 Å². The Morgan fingerprint density at radius 2 is 2.00 bits per heavy atom. The SMILES string of the molecule is N#Cc1ccc(NC(=O)CS(=O)C2CCOCC2)cc1. The molecule has 0 aromatic heterocycles. The lowest BCUT2D eigenvalue weighted by Crippen LogP contribution is -2.30. The normalized spacial score (nSPS) is 17.1. The van der Waals surface area contributed by atoms with Crippen LogP contribution in [0, 0.1) is 11.3 Å². The minimum Gasteiger partial charge on any atom is -0.381 e. The molecule has 1 amide bonds. The predicted octanol–water partition coefficient (Wildman–Crippen LogP) is 1.42. The fraction of sp³-hybridized carbons (Fsp3) is 0.429. The van der Waals surface area contributed by atoms with E-state index < -0.39 is 10.8 Å². The first-order chi connectivity index (χ1) is 9.69.